The summed E-state index contributed by atoms with van der Waals surface area (Å²) in [4.78, 5) is 40.4. The maximum Gasteiger partial charge on any atom is 0.322 e. The molecule has 1 saturated heterocycles. The van der Waals surface area contributed by atoms with E-state index in [0.29, 0.717) is 18.8 Å². The van der Waals surface area contributed by atoms with Crippen LogP contribution >= 0.6 is 0 Å². The van der Waals surface area contributed by atoms with Gasteiger partial charge in [-0.3, -0.25) is 14.9 Å². The number of amides is 4. The van der Waals surface area contributed by atoms with E-state index < -0.39 is 11.6 Å². The van der Waals surface area contributed by atoms with Crippen LogP contribution in [-0.2, 0) is 9.59 Å². The fraction of sp³-hybridized carbons (Fsp3) is 0.579. The molecule has 4 N–H and O–H groups in total. The SMILES string of the molecule is CNc1cc(C(NC(=O)C2CC3(C2)NC(=O)NC3=O)C2CCCC2)ccn1. The van der Waals surface area contributed by atoms with Crippen LogP contribution in [0.2, 0.25) is 0 Å². The largest absolute Gasteiger partial charge is 0.373 e. The van der Waals surface area contributed by atoms with Gasteiger partial charge in [-0.05, 0) is 49.3 Å². The van der Waals surface area contributed by atoms with Gasteiger partial charge < -0.3 is 16.0 Å². The van der Waals surface area contributed by atoms with Gasteiger partial charge in [0, 0.05) is 19.2 Å². The lowest BCUT2D eigenvalue weighted by Crippen LogP contribution is -2.60. The zero-order valence-corrected chi connectivity index (χ0v) is 15.4. The van der Waals surface area contributed by atoms with Gasteiger partial charge in [-0.2, -0.15) is 0 Å². The molecule has 4 amide bonds. The van der Waals surface area contributed by atoms with Gasteiger partial charge in [0.2, 0.25) is 5.91 Å². The molecule has 0 radical (unpaired) electrons. The summed E-state index contributed by atoms with van der Waals surface area (Å²) in [5.41, 5.74) is 0.160. The fourth-order valence-electron chi connectivity index (χ4n) is 4.59. The maximum absolute atomic E-state index is 12.9. The Bertz CT molecular complexity index is 768. The van der Waals surface area contributed by atoms with Crippen LogP contribution in [0.5, 0.6) is 0 Å². The second kappa shape index (κ2) is 6.83. The summed E-state index contributed by atoms with van der Waals surface area (Å²) in [5, 5.41) is 11.2. The molecule has 2 aliphatic carbocycles. The number of nitrogens with one attached hydrogen (secondary N) is 4. The Morgan fingerprint density at radius 3 is 2.67 bits per heavy atom. The van der Waals surface area contributed by atoms with Crippen molar-refractivity contribution in [3.8, 4) is 0 Å². The Labute approximate surface area is 157 Å². The molecule has 1 atom stereocenters. The highest BCUT2D eigenvalue weighted by molar-refractivity contribution is 6.08. The first-order valence-electron chi connectivity index (χ1n) is 9.58. The van der Waals surface area contributed by atoms with Gasteiger partial charge in [0.25, 0.3) is 5.91 Å². The second-order valence-electron chi connectivity index (χ2n) is 7.85. The van der Waals surface area contributed by atoms with Crippen LogP contribution in [0.4, 0.5) is 10.6 Å². The molecule has 144 valence electrons. The lowest BCUT2D eigenvalue weighted by atomic mass is 9.67. The van der Waals surface area contributed by atoms with Gasteiger partial charge in [-0.1, -0.05) is 12.8 Å². The number of urea groups is 1. The van der Waals surface area contributed by atoms with E-state index in [1.807, 2.05) is 19.2 Å². The van der Waals surface area contributed by atoms with Gasteiger partial charge >= 0.3 is 6.03 Å². The van der Waals surface area contributed by atoms with Crippen molar-refractivity contribution in [2.45, 2.75) is 50.1 Å². The highest BCUT2D eigenvalue weighted by atomic mass is 16.2. The molecule has 1 aliphatic heterocycles. The lowest BCUT2D eigenvalue weighted by molar-refractivity contribution is -0.137. The number of hydrogen-bond donors (Lipinski definition) is 4. The van der Waals surface area contributed by atoms with E-state index >= 15 is 0 Å². The number of pyridine rings is 1. The molecule has 3 aliphatic rings. The molecule has 1 aromatic heterocycles. The van der Waals surface area contributed by atoms with E-state index in [1.54, 1.807) is 6.20 Å². The van der Waals surface area contributed by atoms with Crippen LogP contribution in [-0.4, -0.2) is 35.4 Å². The zero-order chi connectivity index (χ0) is 19.0. The van der Waals surface area contributed by atoms with Gasteiger partial charge in [0.15, 0.2) is 0 Å². The number of hydrogen-bond acceptors (Lipinski definition) is 5. The monoisotopic (exact) mass is 371 g/mol. The van der Waals surface area contributed by atoms with Crippen molar-refractivity contribution in [2.24, 2.45) is 11.8 Å². The van der Waals surface area contributed by atoms with Crippen molar-refractivity contribution in [1.29, 1.82) is 0 Å². The molecule has 0 bridgehead atoms. The number of imide groups is 1. The average Bonchev–Trinajstić information content (AvgIpc) is 3.25. The van der Waals surface area contributed by atoms with Crippen molar-refractivity contribution in [2.75, 3.05) is 12.4 Å². The summed E-state index contributed by atoms with van der Waals surface area (Å²) in [7, 11) is 1.82. The van der Waals surface area contributed by atoms with Crippen molar-refractivity contribution in [1.82, 2.24) is 20.9 Å². The molecule has 1 aromatic rings. The van der Waals surface area contributed by atoms with Crippen molar-refractivity contribution >= 4 is 23.7 Å². The minimum Gasteiger partial charge on any atom is -0.373 e. The quantitative estimate of drug-likeness (QED) is 0.586. The Morgan fingerprint density at radius 2 is 2.04 bits per heavy atom. The van der Waals surface area contributed by atoms with Crippen LogP contribution in [0.25, 0.3) is 0 Å². The molecule has 8 nitrogen and oxygen atoms in total. The van der Waals surface area contributed by atoms with Crippen LogP contribution in [0.15, 0.2) is 18.3 Å². The summed E-state index contributed by atoms with van der Waals surface area (Å²) >= 11 is 0. The second-order valence-corrected chi connectivity index (χ2v) is 7.85. The third-order valence-corrected chi connectivity index (χ3v) is 6.14. The van der Waals surface area contributed by atoms with Crippen LogP contribution < -0.4 is 21.3 Å². The van der Waals surface area contributed by atoms with Crippen LogP contribution in [0.1, 0.15) is 50.1 Å². The van der Waals surface area contributed by atoms with E-state index in [2.05, 4.69) is 26.3 Å². The molecular weight excluding hydrogens is 346 g/mol. The van der Waals surface area contributed by atoms with Crippen molar-refractivity contribution in [3.63, 3.8) is 0 Å². The Hall–Kier alpha value is -2.64. The molecule has 1 spiro atoms. The summed E-state index contributed by atoms with van der Waals surface area (Å²) in [6.07, 6.45) is 7.01. The third kappa shape index (κ3) is 3.24. The van der Waals surface area contributed by atoms with E-state index in [0.717, 1.165) is 24.2 Å². The number of carbonyl (C=O) groups excluding carboxylic acids is 3. The average molecular weight is 371 g/mol. The van der Waals surface area contributed by atoms with Gasteiger partial charge in [0.05, 0.1) is 6.04 Å². The maximum atomic E-state index is 12.9. The molecule has 27 heavy (non-hydrogen) atoms. The van der Waals surface area contributed by atoms with Crippen molar-refractivity contribution in [3.05, 3.63) is 23.9 Å². The fourth-order valence-corrected chi connectivity index (χ4v) is 4.59. The summed E-state index contributed by atoms with van der Waals surface area (Å²) < 4.78 is 0. The predicted octanol–water partition coefficient (Wildman–Crippen LogP) is 1.46. The number of aromatic nitrogens is 1. The molecule has 8 heteroatoms. The summed E-state index contributed by atoms with van der Waals surface area (Å²) in [5.74, 6) is 0.553. The Balaban J connectivity index is 1.46. The molecule has 2 saturated carbocycles. The van der Waals surface area contributed by atoms with Crippen LogP contribution in [0.3, 0.4) is 0 Å². The zero-order valence-electron chi connectivity index (χ0n) is 15.4. The van der Waals surface area contributed by atoms with E-state index in [1.165, 1.54) is 12.8 Å². The van der Waals surface area contributed by atoms with Gasteiger partial charge in [-0.25, -0.2) is 9.78 Å². The number of carbonyl (C=O) groups is 3. The van der Waals surface area contributed by atoms with E-state index in [-0.39, 0.29) is 23.8 Å². The van der Waals surface area contributed by atoms with E-state index in [9.17, 15) is 14.4 Å². The minimum absolute atomic E-state index is 0.0470. The minimum atomic E-state index is -0.891. The third-order valence-electron chi connectivity index (χ3n) is 6.14. The van der Waals surface area contributed by atoms with E-state index in [4.69, 9.17) is 0 Å². The number of nitrogens with zero attached hydrogens (tertiary/aromatic N) is 1. The van der Waals surface area contributed by atoms with Crippen LogP contribution in [0, 0.1) is 11.8 Å². The highest BCUT2D eigenvalue weighted by Gasteiger charge is 2.57. The first kappa shape index (κ1) is 17.8. The molecule has 1 unspecified atom stereocenters. The number of rotatable bonds is 5. The molecule has 3 fully saturated rings. The Morgan fingerprint density at radius 1 is 1.30 bits per heavy atom. The molecular formula is C19H25N5O3. The standard InChI is InChI=1S/C19H25N5O3/c1-20-14-8-12(6-7-21-14)15(11-4-2-3-5-11)22-16(25)13-9-19(10-13)17(26)23-18(27)24-19/h6-8,11,13,15H,2-5,9-10H2,1H3,(H,20,21)(H,22,25)(H2,23,24,26,27). The highest BCUT2D eigenvalue weighted by Crippen LogP contribution is 2.41. The Kier molecular flexibility index (Phi) is 4.49. The molecule has 2 heterocycles. The summed E-state index contributed by atoms with van der Waals surface area (Å²) in [6, 6.07) is 3.41. The molecule has 4 rings (SSSR count). The first-order valence-corrected chi connectivity index (χ1v) is 9.58. The first-order chi connectivity index (χ1) is 13.0. The predicted molar refractivity (Wildman–Crippen MR) is 98.8 cm³/mol. The van der Waals surface area contributed by atoms with Gasteiger partial charge in [-0.15, -0.1) is 0 Å². The van der Waals surface area contributed by atoms with Crippen molar-refractivity contribution < 1.29 is 14.4 Å². The topological polar surface area (TPSA) is 112 Å². The smallest absolute Gasteiger partial charge is 0.322 e. The number of anilines is 1. The summed E-state index contributed by atoms with van der Waals surface area (Å²) in [6.45, 7) is 0. The van der Waals surface area contributed by atoms with Gasteiger partial charge in [0.1, 0.15) is 11.4 Å². The lowest BCUT2D eigenvalue weighted by Gasteiger charge is -2.42. The normalized spacial score (nSPS) is 28.4. The molecule has 0 aromatic carbocycles.